The minimum Gasteiger partial charge on any atom is -0.507 e. The van der Waals surface area contributed by atoms with E-state index in [9.17, 15) is 29.4 Å². The molecule has 6 aliphatic rings. The molecule has 14 bridgehead atoms. The third-order valence-corrected chi connectivity index (χ3v) is 17.0. The Morgan fingerprint density at radius 3 is 0.893 bits per heavy atom. The van der Waals surface area contributed by atoms with Crippen LogP contribution in [0, 0.1) is 27.7 Å². The van der Waals surface area contributed by atoms with Crippen molar-refractivity contribution < 1.29 is 48.3 Å². The minimum atomic E-state index is -0.365. The van der Waals surface area contributed by atoms with Crippen LogP contribution in [0.1, 0.15) is 189 Å². The van der Waals surface area contributed by atoms with Crippen LogP contribution in [0.15, 0.2) is 68.5 Å². The van der Waals surface area contributed by atoms with Gasteiger partial charge in [0.05, 0.1) is 72.8 Å². The highest BCUT2D eigenvalue weighted by atomic mass is 16.6. The normalized spacial score (nSPS) is 27.5. The summed E-state index contributed by atoms with van der Waals surface area (Å²) < 4.78 is 24.8. The molecule has 84 heavy (non-hydrogen) atoms. The first-order valence-electron chi connectivity index (χ1n) is 30.4. The molecule has 4 amide bonds. The summed E-state index contributed by atoms with van der Waals surface area (Å²) in [4.78, 5) is 78.2. The number of phenolic OH excluding ortho intramolecular Hbond substituents is 2. The Bertz CT molecular complexity index is 2800. The van der Waals surface area contributed by atoms with Crippen molar-refractivity contribution in [1.82, 2.24) is 21.3 Å². The number of aliphatic imine (C=N–C) groups is 4. The van der Waals surface area contributed by atoms with E-state index in [0.29, 0.717) is 59.1 Å². The van der Waals surface area contributed by atoms with Crippen molar-refractivity contribution in [2.75, 3.05) is 39.6 Å². The highest BCUT2D eigenvalue weighted by Crippen LogP contribution is 2.34. The number of nitrogens with zero attached hydrogens (tertiary/aromatic N) is 4. The Balaban J connectivity index is 1.00. The van der Waals surface area contributed by atoms with Gasteiger partial charge in [-0.05, 0) is 201 Å². The first-order valence-corrected chi connectivity index (χ1v) is 30.4. The van der Waals surface area contributed by atoms with Gasteiger partial charge in [0, 0.05) is 71.3 Å². The molecule has 0 spiro atoms. The third-order valence-electron chi connectivity index (χ3n) is 17.0. The van der Waals surface area contributed by atoms with Gasteiger partial charge >= 0.3 is 0 Å². The fraction of sp³-hybridized carbons (Fsp3) is 0.515. The molecule has 2 aliphatic heterocycles. The summed E-state index contributed by atoms with van der Waals surface area (Å²) in [5.74, 6) is -1.01. The van der Waals surface area contributed by atoms with Gasteiger partial charge in [0.1, 0.15) is 36.2 Å². The summed E-state index contributed by atoms with van der Waals surface area (Å²) in [6.07, 6.45) is 18.7. The number of carbonyl (C=O) groups excluding carboxylic acids is 4. The molecular formula is C66H82N8O10. The third kappa shape index (κ3) is 15.5. The number of fused-ring (bicyclic) bond motifs is 21. The van der Waals surface area contributed by atoms with E-state index >= 15 is 0 Å². The summed E-state index contributed by atoms with van der Waals surface area (Å²) in [7, 11) is 0. The number of hydrogen-bond acceptors (Lipinski definition) is 14. The zero-order chi connectivity index (χ0) is 58.7. The number of aromatic hydroxyl groups is 2. The number of hydrogen-bond donors (Lipinski definition) is 6. The minimum absolute atomic E-state index is 0.0258. The summed E-state index contributed by atoms with van der Waals surface area (Å²) in [5.41, 5.74) is 6.50. The van der Waals surface area contributed by atoms with Gasteiger partial charge in [-0.25, -0.2) is 0 Å². The standard InChI is InChI=1S/C66H82N8O10/c1-39-23-43-35-67-47-9-5-13-51(31-47)71-63(77)55-27-41(3)29-57-61(55)83-21-19-81-17-18-82-20-22-84-62-56(64(78)72-52-14-6-10-48(32-52)68-36-44(24-39)59(43)75)28-42(4)30-58(62)66(80)74-54-16-8-12-50(34-54)70-38-46-26-40(2)25-45(60(46)76)37-69-49-11-7-15-53(33-49)73-65(57)79/h23-30,35-38,47-54,75-76H,5-22,31-34H2,1-4H3,(H,71,77)(H,72,78)(H,73,79)(H,74,80)/b67-35-,68-36-,69-37-,70-38+. The van der Waals surface area contributed by atoms with E-state index in [1.807, 2.05) is 52.0 Å². The molecule has 0 aromatic heterocycles. The number of benzene rings is 4. The SMILES string of the molecule is Cc1cc2c(O)c(c1)/C=N\C1CCCC(C1)NC(=O)c1cc(C)cc3c1OCCOCCOCCOc1c(cc(C)cc1C(=O)NC1CCCC(C1)/N=C\c1cc(C)cc(c1O)/C=N/C1CCCC(C1)NC3=O)C(=O)NC1CCCC(C1)/N=C\2. The van der Waals surface area contributed by atoms with Gasteiger partial charge < -0.3 is 50.4 Å². The number of nitrogens with one attached hydrogen (secondary N) is 4. The highest BCUT2D eigenvalue weighted by Gasteiger charge is 2.32. The monoisotopic (exact) mass is 1150 g/mol. The van der Waals surface area contributed by atoms with E-state index in [0.717, 1.165) is 88.2 Å². The van der Waals surface area contributed by atoms with Crippen LogP contribution in [0.4, 0.5) is 0 Å². The van der Waals surface area contributed by atoms with Crippen LogP contribution < -0.4 is 30.7 Å². The molecule has 18 nitrogen and oxygen atoms in total. The molecule has 446 valence electrons. The van der Waals surface area contributed by atoms with Gasteiger partial charge in [-0.3, -0.25) is 39.1 Å². The van der Waals surface area contributed by atoms with Crippen molar-refractivity contribution in [3.05, 3.63) is 115 Å². The number of phenols is 2. The van der Waals surface area contributed by atoms with Crippen LogP contribution >= 0.6 is 0 Å². The van der Waals surface area contributed by atoms with E-state index in [-0.39, 0.29) is 157 Å². The van der Waals surface area contributed by atoms with Crippen molar-refractivity contribution in [3.8, 4) is 23.0 Å². The summed E-state index contributed by atoms with van der Waals surface area (Å²) in [6.45, 7) is 8.35. The van der Waals surface area contributed by atoms with Crippen LogP contribution in [0.5, 0.6) is 23.0 Å². The lowest BCUT2D eigenvalue weighted by Crippen LogP contribution is -2.41. The molecule has 8 atom stereocenters. The molecular weight excluding hydrogens is 1060 g/mol. The Morgan fingerprint density at radius 2 is 0.619 bits per heavy atom. The molecule has 4 aromatic rings. The maximum absolute atomic E-state index is 14.6. The zero-order valence-electron chi connectivity index (χ0n) is 49.1. The second kappa shape index (κ2) is 28.0. The topological polar surface area (TPSA) is 243 Å². The lowest BCUT2D eigenvalue weighted by molar-refractivity contribution is 0.0269. The molecule has 6 N–H and O–H groups in total. The van der Waals surface area contributed by atoms with Crippen molar-refractivity contribution >= 4 is 48.5 Å². The van der Waals surface area contributed by atoms with Crippen LogP contribution in [0.2, 0.25) is 0 Å². The van der Waals surface area contributed by atoms with Crippen molar-refractivity contribution in [2.45, 2.75) is 179 Å². The maximum atomic E-state index is 14.6. The van der Waals surface area contributed by atoms with Crippen molar-refractivity contribution in [1.29, 1.82) is 0 Å². The molecule has 4 fully saturated rings. The average Bonchev–Trinajstić information content (AvgIpc) is 3.26. The lowest BCUT2D eigenvalue weighted by atomic mass is 9.90. The van der Waals surface area contributed by atoms with Crippen LogP contribution in [-0.2, 0) is 9.47 Å². The number of carbonyl (C=O) groups is 4. The summed E-state index contributed by atoms with van der Waals surface area (Å²) in [5, 5.41) is 36.3. The van der Waals surface area contributed by atoms with Gasteiger partial charge in [0.15, 0.2) is 0 Å². The molecule has 2 heterocycles. The largest absolute Gasteiger partial charge is 0.507 e. The molecule has 4 aromatic carbocycles. The van der Waals surface area contributed by atoms with E-state index in [1.54, 1.807) is 49.1 Å². The van der Waals surface area contributed by atoms with Gasteiger partial charge in [-0.15, -0.1) is 0 Å². The highest BCUT2D eigenvalue weighted by molar-refractivity contribution is 6.06. The lowest BCUT2D eigenvalue weighted by Gasteiger charge is -2.29. The fourth-order valence-electron chi connectivity index (χ4n) is 12.8. The molecule has 0 saturated heterocycles. The fourth-order valence-corrected chi connectivity index (χ4v) is 12.8. The molecule has 4 aliphatic carbocycles. The first-order chi connectivity index (χ1) is 40.7. The van der Waals surface area contributed by atoms with E-state index in [1.165, 1.54) is 0 Å². The second-order valence-corrected chi connectivity index (χ2v) is 24.0. The molecule has 18 heteroatoms. The van der Waals surface area contributed by atoms with Crippen LogP contribution in [0.3, 0.4) is 0 Å². The van der Waals surface area contributed by atoms with E-state index in [4.69, 9.17) is 38.9 Å². The molecule has 0 radical (unpaired) electrons. The Kier molecular flexibility index (Phi) is 19.9. The molecule has 10 rings (SSSR count). The van der Waals surface area contributed by atoms with E-state index in [2.05, 4.69) is 21.3 Å². The number of aryl methyl sites for hydroxylation is 4. The van der Waals surface area contributed by atoms with Crippen LogP contribution in [-0.4, -0.2) is 147 Å². The molecule has 8 unspecified atom stereocenters. The Labute approximate surface area is 492 Å². The predicted octanol–water partition coefficient (Wildman–Crippen LogP) is 9.09. The molecule has 4 saturated carbocycles. The van der Waals surface area contributed by atoms with Gasteiger partial charge in [0.25, 0.3) is 23.6 Å². The second-order valence-electron chi connectivity index (χ2n) is 24.0. The van der Waals surface area contributed by atoms with Crippen molar-refractivity contribution in [3.63, 3.8) is 0 Å². The zero-order valence-corrected chi connectivity index (χ0v) is 49.1. The van der Waals surface area contributed by atoms with Gasteiger partial charge in [-0.1, -0.05) is 0 Å². The average molecular weight is 1150 g/mol. The Hall–Kier alpha value is -7.44. The Morgan fingerprint density at radius 1 is 0.369 bits per heavy atom. The number of rotatable bonds is 0. The predicted molar refractivity (Wildman–Crippen MR) is 325 cm³/mol. The quantitative estimate of drug-likeness (QED) is 0.0912. The summed E-state index contributed by atoms with van der Waals surface area (Å²) in [6, 6.07) is 13.2. The maximum Gasteiger partial charge on any atom is 0.255 e. The summed E-state index contributed by atoms with van der Waals surface area (Å²) >= 11 is 0. The van der Waals surface area contributed by atoms with Crippen molar-refractivity contribution in [2.24, 2.45) is 20.0 Å². The first kappa shape index (κ1) is 59.7. The van der Waals surface area contributed by atoms with Gasteiger partial charge in [0.2, 0.25) is 0 Å². The van der Waals surface area contributed by atoms with Crippen LogP contribution in [0.25, 0.3) is 0 Å². The smallest absolute Gasteiger partial charge is 0.255 e. The number of ether oxygens (including phenoxy) is 4. The van der Waals surface area contributed by atoms with Gasteiger partial charge in [-0.2, -0.15) is 0 Å². The number of amides is 4. The van der Waals surface area contributed by atoms with E-state index < -0.39 is 0 Å².